The molecule has 6 nitrogen and oxygen atoms in total. The maximum Gasteiger partial charge on any atom is 0.253 e. The minimum absolute atomic E-state index is 0.0954. The van der Waals surface area contributed by atoms with E-state index < -0.39 is 0 Å². The maximum atomic E-state index is 12.6. The van der Waals surface area contributed by atoms with Gasteiger partial charge in [-0.1, -0.05) is 12.1 Å². The number of pyridine rings is 1. The van der Waals surface area contributed by atoms with E-state index in [1.807, 2.05) is 25.1 Å². The van der Waals surface area contributed by atoms with Gasteiger partial charge >= 0.3 is 0 Å². The average Bonchev–Trinajstić information content (AvgIpc) is 2.61. The molecular formula is C18H22N4O2. The molecule has 0 bridgehead atoms. The summed E-state index contributed by atoms with van der Waals surface area (Å²) in [4.78, 5) is 30.0. The SMILES string of the molecule is CNC(=O)C[C@@H](C)N(C)C(=O)c1cccc(-c2ccc(N)cn2)c1. The van der Waals surface area contributed by atoms with Crippen molar-refractivity contribution in [2.24, 2.45) is 0 Å². The van der Waals surface area contributed by atoms with Gasteiger partial charge in [0.05, 0.1) is 17.6 Å². The molecule has 126 valence electrons. The Bertz CT molecular complexity index is 728. The van der Waals surface area contributed by atoms with E-state index in [2.05, 4.69) is 10.3 Å². The lowest BCUT2D eigenvalue weighted by atomic mass is 10.1. The van der Waals surface area contributed by atoms with Gasteiger partial charge in [0.25, 0.3) is 5.91 Å². The highest BCUT2D eigenvalue weighted by atomic mass is 16.2. The monoisotopic (exact) mass is 326 g/mol. The van der Waals surface area contributed by atoms with Gasteiger partial charge in [-0.3, -0.25) is 14.6 Å². The van der Waals surface area contributed by atoms with Crippen molar-refractivity contribution in [3.63, 3.8) is 0 Å². The molecule has 0 unspecified atom stereocenters. The number of nitrogens with one attached hydrogen (secondary N) is 1. The number of nitrogens with zero attached hydrogens (tertiary/aromatic N) is 2. The zero-order valence-corrected chi connectivity index (χ0v) is 14.1. The van der Waals surface area contributed by atoms with E-state index in [0.717, 1.165) is 11.3 Å². The highest BCUT2D eigenvalue weighted by molar-refractivity contribution is 5.95. The zero-order chi connectivity index (χ0) is 17.7. The molecule has 0 spiro atoms. The van der Waals surface area contributed by atoms with E-state index in [4.69, 9.17) is 5.73 Å². The second kappa shape index (κ2) is 7.59. The van der Waals surface area contributed by atoms with Crippen LogP contribution in [0, 0.1) is 0 Å². The number of rotatable bonds is 5. The molecule has 3 N–H and O–H groups in total. The van der Waals surface area contributed by atoms with Gasteiger partial charge in [0.1, 0.15) is 0 Å². The normalized spacial score (nSPS) is 11.6. The molecule has 0 aliphatic heterocycles. The summed E-state index contributed by atoms with van der Waals surface area (Å²) in [5.74, 6) is -0.231. The van der Waals surface area contributed by atoms with Crippen LogP contribution in [0.4, 0.5) is 5.69 Å². The standard InChI is InChI=1S/C18H22N4O2/c1-12(9-17(23)20-2)22(3)18(24)14-6-4-5-13(10-14)16-8-7-15(19)11-21-16/h4-8,10-12H,9,19H2,1-3H3,(H,20,23)/t12-/m1/s1. The van der Waals surface area contributed by atoms with Gasteiger partial charge < -0.3 is 16.0 Å². The fraction of sp³-hybridized carbons (Fsp3) is 0.278. The third kappa shape index (κ3) is 4.10. The largest absolute Gasteiger partial charge is 0.397 e. The molecule has 1 heterocycles. The quantitative estimate of drug-likeness (QED) is 0.879. The number of anilines is 1. The molecule has 0 radical (unpaired) electrons. The second-order valence-corrected chi connectivity index (χ2v) is 5.70. The molecule has 0 fully saturated rings. The Hall–Kier alpha value is -2.89. The minimum Gasteiger partial charge on any atom is -0.397 e. The predicted octanol–water partition coefficient (Wildman–Crippen LogP) is 1.93. The van der Waals surface area contributed by atoms with E-state index in [1.165, 1.54) is 0 Å². The van der Waals surface area contributed by atoms with Crippen molar-refractivity contribution in [3.05, 3.63) is 48.2 Å². The molecule has 0 aliphatic carbocycles. The summed E-state index contributed by atoms with van der Waals surface area (Å²) in [7, 11) is 3.28. The summed E-state index contributed by atoms with van der Waals surface area (Å²) < 4.78 is 0. The van der Waals surface area contributed by atoms with Crippen LogP contribution in [0.5, 0.6) is 0 Å². The Labute approximate surface area is 141 Å². The Morgan fingerprint density at radius 3 is 2.67 bits per heavy atom. The van der Waals surface area contributed by atoms with Crippen LogP contribution >= 0.6 is 0 Å². The first-order chi connectivity index (χ1) is 11.4. The molecule has 2 amide bonds. The number of carbonyl (C=O) groups is 2. The molecule has 0 saturated heterocycles. The first-order valence-corrected chi connectivity index (χ1v) is 7.72. The van der Waals surface area contributed by atoms with Crippen LogP contribution in [-0.2, 0) is 4.79 Å². The van der Waals surface area contributed by atoms with Crippen molar-refractivity contribution in [2.45, 2.75) is 19.4 Å². The van der Waals surface area contributed by atoms with Gasteiger partial charge in [-0.25, -0.2) is 0 Å². The topological polar surface area (TPSA) is 88.3 Å². The highest BCUT2D eigenvalue weighted by Crippen LogP contribution is 2.20. The Morgan fingerprint density at radius 2 is 2.04 bits per heavy atom. The van der Waals surface area contributed by atoms with Gasteiger partial charge in [-0.2, -0.15) is 0 Å². The molecular weight excluding hydrogens is 304 g/mol. The number of nitrogens with two attached hydrogens (primary N) is 1. The van der Waals surface area contributed by atoms with E-state index in [1.54, 1.807) is 43.4 Å². The number of hydrogen-bond acceptors (Lipinski definition) is 4. The number of nitrogen functional groups attached to an aromatic ring is 1. The number of aromatic nitrogens is 1. The lowest BCUT2D eigenvalue weighted by Crippen LogP contribution is -2.38. The lowest BCUT2D eigenvalue weighted by Gasteiger charge is -2.24. The summed E-state index contributed by atoms with van der Waals surface area (Å²) >= 11 is 0. The molecule has 6 heteroatoms. The van der Waals surface area contributed by atoms with Gasteiger partial charge in [0.15, 0.2) is 0 Å². The first kappa shape index (κ1) is 17.5. The fourth-order valence-corrected chi connectivity index (χ4v) is 2.30. The summed E-state index contributed by atoms with van der Waals surface area (Å²) in [5, 5.41) is 2.57. The Balaban J connectivity index is 2.19. The van der Waals surface area contributed by atoms with Crippen molar-refractivity contribution < 1.29 is 9.59 Å². The molecule has 2 aromatic rings. The number of benzene rings is 1. The average molecular weight is 326 g/mol. The number of hydrogen-bond donors (Lipinski definition) is 2. The highest BCUT2D eigenvalue weighted by Gasteiger charge is 2.20. The van der Waals surface area contributed by atoms with Gasteiger partial charge in [-0.15, -0.1) is 0 Å². The van der Waals surface area contributed by atoms with Crippen LogP contribution in [0.25, 0.3) is 11.3 Å². The van der Waals surface area contributed by atoms with E-state index in [0.29, 0.717) is 11.3 Å². The zero-order valence-electron chi connectivity index (χ0n) is 14.1. The van der Waals surface area contributed by atoms with Crippen LogP contribution < -0.4 is 11.1 Å². The van der Waals surface area contributed by atoms with E-state index in [-0.39, 0.29) is 24.3 Å². The molecule has 0 aliphatic rings. The third-order valence-electron chi connectivity index (χ3n) is 3.93. The Kier molecular flexibility index (Phi) is 5.52. The number of amides is 2. The van der Waals surface area contributed by atoms with E-state index >= 15 is 0 Å². The summed E-state index contributed by atoms with van der Waals surface area (Å²) in [6.45, 7) is 1.85. The summed E-state index contributed by atoms with van der Waals surface area (Å²) in [6, 6.07) is 10.7. The van der Waals surface area contributed by atoms with Crippen molar-refractivity contribution >= 4 is 17.5 Å². The molecule has 24 heavy (non-hydrogen) atoms. The van der Waals surface area contributed by atoms with Crippen LogP contribution in [0.1, 0.15) is 23.7 Å². The summed E-state index contributed by atoms with van der Waals surface area (Å²) in [6.07, 6.45) is 1.85. The minimum atomic E-state index is -0.198. The van der Waals surface area contributed by atoms with Crippen molar-refractivity contribution in [2.75, 3.05) is 19.8 Å². The van der Waals surface area contributed by atoms with Crippen molar-refractivity contribution in [1.82, 2.24) is 15.2 Å². The van der Waals surface area contributed by atoms with Crippen LogP contribution in [0.15, 0.2) is 42.6 Å². The van der Waals surface area contributed by atoms with Gasteiger partial charge in [0, 0.05) is 37.7 Å². The second-order valence-electron chi connectivity index (χ2n) is 5.70. The third-order valence-corrected chi connectivity index (χ3v) is 3.93. The molecule has 1 atom stereocenters. The molecule has 2 rings (SSSR count). The van der Waals surface area contributed by atoms with Crippen LogP contribution in [-0.4, -0.2) is 41.8 Å². The smallest absolute Gasteiger partial charge is 0.253 e. The van der Waals surface area contributed by atoms with Crippen LogP contribution in [0.2, 0.25) is 0 Å². The Morgan fingerprint density at radius 1 is 1.29 bits per heavy atom. The first-order valence-electron chi connectivity index (χ1n) is 7.72. The van der Waals surface area contributed by atoms with Crippen molar-refractivity contribution in [3.8, 4) is 11.3 Å². The predicted molar refractivity (Wildman–Crippen MR) is 94.3 cm³/mol. The van der Waals surface area contributed by atoms with Crippen molar-refractivity contribution in [1.29, 1.82) is 0 Å². The van der Waals surface area contributed by atoms with Gasteiger partial charge in [0.2, 0.25) is 5.91 Å². The molecule has 1 aromatic heterocycles. The van der Waals surface area contributed by atoms with E-state index in [9.17, 15) is 9.59 Å². The number of carbonyl (C=O) groups excluding carboxylic acids is 2. The molecule has 1 aromatic carbocycles. The van der Waals surface area contributed by atoms with Gasteiger partial charge in [-0.05, 0) is 31.2 Å². The maximum absolute atomic E-state index is 12.6. The summed E-state index contributed by atoms with van der Waals surface area (Å²) in [5.41, 5.74) is 8.39. The fourth-order valence-electron chi connectivity index (χ4n) is 2.30. The van der Waals surface area contributed by atoms with Crippen LogP contribution in [0.3, 0.4) is 0 Å². The lowest BCUT2D eigenvalue weighted by molar-refractivity contribution is -0.121. The molecule has 0 saturated carbocycles.